The van der Waals surface area contributed by atoms with Crippen molar-refractivity contribution >= 4 is 11.9 Å². The van der Waals surface area contributed by atoms with Crippen molar-refractivity contribution in [3.8, 4) is 11.4 Å². The van der Waals surface area contributed by atoms with Gasteiger partial charge in [0.15, 0.2) is 12.4 Å². The van der Waals surface area contributed by atoms with Crippen LogP contribution >= 0.6 is 0 Å². The summed E-state index contributed by atoms with van der Waals surface area (Å²) in [6.07, 6.45) is 3.05. The van der Waals surface area contributed by atoms with Gasteiger partial charge in [0.2, 0.25) is 11.8 Å². The molecule has 2 aromatic carbocycles. The maximum absolute atomic E-state index is 13.8. The Morgan fingerprint density at radius 3 is 2.61 bits per heavy atom. The normalized spacial score (nSPS) is 10.9. The van der Waals surface area contributed by atoms with Gasteiger partial charge < -0.3 is 0 Å². The molecule has 0 spiro atoms. The number of tetrazole rings is 1. The van der Waals surface area contributed by atoms with E-state index in [2.05, 4.69) is 35.9 Å². The molecule has 3 aromatic heterocycles. The molecule has 0 bridgehead atoms. The molecule has 12 heteroatoms. The van der Waals surface area contributed by atoms with Gasteiger partial charge >= 0.3 is 0 Å². The zero-order chi connectivity index (χ0) is 22.6. The molecular formula is C21H17FN10O. The largest absolute Gasteiger partial charge is 0.288 e. The number of amides is 1. The Labute approximate surface area is 186 Å². The highest BCUT2D eigenvalue weighted by Gasteiger charge is 2.14. The van der Waals surface area contributed by atoms with Crippen LogP contribution in [0.1, 0.15) is 16.1 Å². The summed E-state index contributed by atoms with van der Waals surface area (Å²) >= 11 is 0. The van der Waals surface area contributed by atoms with Gasteiger partial charge in [0, 0.05) is 17.3 Å². The third-order valence-electron chi connectivity index (χ3n) is 4.68. The molecule has 0 saturated carbocycles. The van der Waals surface area contributed by atoms with E-state index in [1.807, 2.05) is 30.3 Å². The number of halogens is 1. The Morgan fingerprint density at radius 2 is 1.76 bits per heavy atom. The number of carbonyl (C=O) groups excluding carboxylic acids is 1. The maximum Gasteiger partial charge on any atom is 0.278 e. The quantitative estimate of drug-likeness (QED) is 0.408. The molecule has 0 aliphatic carbocycles. The summed E-state index contributed by atoms with van der Waals surface area (Å²) in [7, 11) is 0. The van der Waals surface area contributed by atoms with Crippen molar-refractivity contribution < 1.29 is 9.18 Å². The predicted octanol–water partition coefficient (Wildman–Crippen LogP) is 2.07. The Hall–Kier alpha value is -4.74. The number of hydrogen-bond donors (Lipinski definition) is 1. The molecule has 0 saturated heterocycles. The molecule has 0 unspecified atom stereocenters. The molecule has 3 heterocycles. The fourth-order valence-corrected chi connectivity index (χ4v) is 3.09. The van der Waals surface area contributed by atoms with Gasteiger partial charge in [-0.05, 0) is 17.3 Å². The summed E-state index contributed by atoms with van der Waals surface area (Å²) < 4.78 is 16.8. The molecule has 0 aliphatic heterocycles. The minimum absolute atomic E-state index is 0.0938. The molecular weight excluding hydrogens is 427 g/mol. The Balaban J connectivity index is 1.21. The fourth-order valence-electron chi connectivity index (χ4n) is 3.09. The van der Waals surface area contributed by atoms with Crippen molar-refractivity contribution in [1.82, 2.24) is 44.8 Å². The third-order valence-corrected chi connectivity index (χ3v) is 4.68. The maximum atomic E-state index is 13.8. The fraction of sp³-hybridized carbons (Fsp3) is 0.0952. The molecule has 0 fully saturated rings. The Morgan fingerprint density at radius 1 is 0.939 bits per heavy atom. The van der Waals surface area contributed by atoms with Gasteiger partial charge in [0.1, 0.15) is 12.1 Å². The minimum atomic E-state index is -0.478. The van der Waals surface area contributed by atoms with E-state index >= 15 is 0 Å². The van der Waals surface area contributed by atoms with Crippen molar-refractivity contribution in [1.29, 1.82) is 0 Å². The summed E-state index contributed by atoms with van der Waals surface area (Å²) in [4.78, 5) is 17.9. The number of nitrogens with one attached hydrogen (secondary N) is 1. The lowest BCUT2D eigenvalue weighted by atomic mass is 10.2. The molecule has 0 aliphatic rings. The van der Waals surface area contributed by atoms with E-state index in [1.165, 1.54) is 26.6 Å². The smallest absolute Gasteiger partial charge is 0.278 e. The highest BCUT2D eigenvalue weighted by molar-refractivity contribution is 6.01. The lowest BCUT2D eigenvalue weighted by Crippen LogP contribution is -2.16. The molecule has 1 amide bonds. The number of nitrogens with zero attached hydrogens (tertiary/aromatic N) is 9. The lowest BCUT2D eigenvalue weighted by molar-refractivity contribution is 0.102. The van der Waals surface area contributed by atoms with Crippen LogP contribution in [0.25, 0.3) is 11.4 Å². The van der Waals surface area contributed by atoms with E-state index < -0.39 is 5.91 Å². The van der Waals surface area contributed by atoms with Crippen molar-refractivity contribution in [3.05, 3.63) is 90.3 Å². The van der Waals surface area contributed by atoms with Gasteiger partial charge in [0.25, 0.3) is 5.91 Å². The standard InChI is InChI=1S/C21H17FN10O/c22-17-9-5-4-8-16(17)12-31-13-23-21(28-31)24-20(33)18-10-11-30(26-18)14-32-27-19(25-29-32)15-6-2-1-3-7-15/h1-11,13H,12,14H2,(H,24,28,33). The monoisotopic (exact) mass is 444 g/mol. The van der Waals surface area contributed by atoms with E-state index in [-0.39, 0.29) is 30.7 Å². The molecule has 0 atom stereocenters. The van der Waals surface area contributed by atoms with Gasteiger partial charge in [-0.25, -0.2) is 18.7 Å². The first-order chi connectivity index (χ1) is 16.1. The highest BCUT2D eigenvalue weighted by Crippen LogP contribution is 2.12. The Bertz CT molecular complexity index is 1390. The molecule has 5 aromatic rings. The lowest BCUT2D eigenvalue weighted by Gasteiger charge is -2.02. The van der Waals surface area contributed by atoms with Gasteiger partial charge in [-0.1, -0.05) is 48.5 Å². The van der Waals surface area contributed by atoms with Crippen molar-refractivity contribution in [2.45, 2.75) is 13.2 Å². The van der Waals surface area contributed by atoms with E-state index in [9.17, 15) is 9.18 Å². The van der Waals surface area contributed by atoms with Crippen LogP contribution < -0.4 is 5.32 Å². The predicted molar refractivity (Wildman–Crippen MR) is 114 cm³/mol. The van der Waals surface area contributed by atoms with Crippen molar-refractivity contribution in [3.63, 3.8) is 0 Å². The molecule has 164 valence electrons. The number of aromatic nitrogens is 9. The van der Waals surface area contributed by atoms with Crippen LogP contribution in [0.3, 0.4) is 0 Å². The number of carbonyl (C=O) groups is 1. The topological polar surface area (TPSA) is 121 Å². The number of hydrogen-bond acceptors (Lipinski definition) is 7. The van der Waals surface area contributed by atoms with E-state index in [0.29, 0.717) is 11.4 Å². The Kier molecular flexibility index (Phi) is 5.37. The minimum Gasteiger partial charge on any atom is -0.288 e. The van der Waals surface area contributed by atoms with Gasteiger partial charge in [-0.3, -0.25) is 10.1 Å². The zero-order valence-corrected chi connectivity index (χ0v) is 17.2. The molecule has 11 nitrogen and oxygen atoms in total. The van der Waals surface area contributed by atoms with Crippen LogP contribution in [0.2, 0.25) is 0 Å². The molecule has 1 N–H and O–H groups in total. The van der Waals surface area contributed by atoms with E-state index in [1.54, 1.807) is 30.5 Å². The summed E-state index contributed by atoms with van der Waals surface area (Å²) in [6.45, 7) is 0.378. The van der Waals surface area contributed by atoms with Gasteiger partial charge in [0.05, 0.1) is 6.54 Å². The van der Waals surface area contributed by atoms with Crippen LogP contribution in [0, 0.1) is 5.82 Å². The average Bonchev–Trinajstić information content (AvgIpc) is 3.58. The number of benzene rings is 2. The van der Waals surface area contributed by atoms with Crippen molar-refractivity contribution in [2.75, 3.05) is 5.32 Å². The van der Waals surface area contributed by atoms with Crippen LogP contribution in [-0.4, -0.2) is 50.7 Å². The van der Waals surface area contributed by atoms with Crippen LogP contribution in [0.5, 0.6) is 0 Å². The van der Waals surface area contributed by atoms with E-state index in [0.717, 1.165) is 5.56 Å². The number of anilines is 1. The summed E-state index contributed by atoms with van der Waals surface area (Å²) in [5.41, 5.74) is 1.49. The van der Waals surface area contributed by atoms with E-state index in [4.69, 9.17) is 0 Å². The van der Waals surface area contributed by atoms with Crippen molar-refractivity contribution in [2.24, 2.45) is 0 Å². The van der Waals surface area contributed by atoms with Crippen LogP contribution in [0.15, 0.2) is 73.2 Å². The van der Waals surface area contributed by atoms with Crippen LogP contribution in [0.4, 0.5) is 10.3 Å². The first kappa shape index (κ1) is 20.2. The SMILES string of the molecule is O=C(Nc1ncn(Cc2ccccc2F)n1)c1ccn(Cn2nnc(-c3ccccc3)n2)n1. The van der Waals surface area contributed by atoms with Crippen LogP contribution in [-0.2, 0) is 13.2 Å². The summed E-state index contributed by atoms with van der Waals surface area (Å²) in [5, 5.41) is 23.4. The highest BCUT2D eigenvalue weighted by atomic mass is 19.1. The number of rotatable bonds is 7. The third kappa shape index (κ3) is 4.63. The van der Waals surface area contributed by atoms with Gasteiger partial charge in [-0.15, -0.1) is 20.1 Å². The first-order valence-corrected chi connectivity index (χ1v) is 9.95. The molecule has 33 heavy (non-hydrogen) atoms. The second-order valence-corrected chi connectivity index (χ2v) is 7.04. The van der Waals surface area contributed by atoms with Gasteiger partial charge in [-0.2, -0.15) is 5.10 Å². The average molecular weight is 444 g/mol. The second kappa shape index (κ2) is 8.78. The summed E-state index contributed by atoms with van der Waals surface area (Å²) in [5.74, 6) is -0.218. The summed E-state index contributed by atoms with van der Waals surface area (Å²) in [6, 6.07) is 17.4. The zero-order valence-electron chi connectivity index (χ0n) is 17.2. The molecule has 0 radical (unpaired) electrons. The molecule has 5 rings (SSSR count). The second-order valence-electron chi connectivity index (χ2n) is 7.04. The first-order valence-electron chi connectivity index (χ1n) is 9.95.